The fourth-order valence-electron chi connectivity index (χ4n) is 1.77. The summed E-state index contributed by atoms with van der Waals surface area (Å²) in [5.74, 6) is -0.234. The Bertz CT molecular complexity index is 687. The molecule has 2 aromatic rings. The van der Waals surface area contributed by atoms with Gasteiger partial charge in [0.2, 0.25) is 0 Å². The summed E-state index contributed by atoms with van der Waals surface area (Å²) in [7, 11) is 0. The average Bonchev–Trinajstić information content (AvgIpc) is 2.47. The molecule has 108 valence electrons. The number of thiocarbonyl (C=S) groups is 1. The molecule has 0 unspecified atom stereocenters. The lowest BCUT2D eigenvalue weighted by molar-refractivity contribution is 0.102. The number of anilines is 1. The van der Waals surface area contributed by atoms with Crippen molar-refractivity contribution in [1.29, 1.82) is 0 Å². The van der Waals surface area contributed by atoms with Gasteiger partial charge in [-0.25, -0.2) is 0 Å². The van der Waals surface area contributed by atoms with Gasteiger partial charge >= 0.3 is 0 Å². The highest BCUT2D eigenvalue weighted by molar-refractivity contribution is 7.98. The molecular weight excluding hydrogens is 324 g/mol. The number of nitrogens with two attached hydrogens (primary N) is 1. The largest absolute Gasteiger partial charge is 0.389 e. The summed E-state index contributed by atoms with van der Waals surface area (Å²) in [5, 5.41) is 3.29. The molecule has 3 N–H and O–H groups in total. The number of hydrogen-bond acceptors (Lipinski definition) is 3. The lowest BCUT2D eigenvalue weighted by Gasteiger charge is -2.11. The number of thioether (sulfide) groups is 1. The van der Waals surface area contributed by atoms with Gasteiger partial charge in [-0.3, -0.25) is 4.79 Å². The molecule has 0 fully saturated rings. The summed E-state index contributed by atoms with van der Waals surface area (Å²) in [6.07, 6.45) is 1.98. The Hall–Kier alpha value is -1.56. The predicted molar refractivity (Wildman–Crippen MR) is 93.5 cm³/mol. The molecule has 0 aliphatic rings. The molecule has 0 aliphatic heterocycles. The second-order valence-electron chi connectivity index (χ2n) is 4.24. The van der Waals surface area contributed by atoms with Crippen molar-refractivity contribution in [1.82, 2.24) is 0 Å². The summed E-state index contributed by atoms with van der Waals surface area (Å²) < 4.78 is 0. The van der Waals surface area contributed by atoms with E-state index in [1.807, 2.05) is 18.4 Å². The molecule has 2 rings (SSSR count). The van der Waals surface area contributed by atoms with Gasteiger partial charge in [-0.1, -0.05) is 23.8 Å². The Kier molecular flexibility index (Phi) is 5.22. The van der Waals surface area contributed by atoms with Gasteiger partial charge in [0.1, 0.15) is 4.99 Å². The zero-order valence-electron chi connectivity index (χ0n) is 11.2. The fraction of sp³-hybridized carbons (Fsp3) is 0.0667. The van der Waals surface area contributed by atoms with Crippen molar-refractivity contribution < 1.29 is 4.79 Å². The Morgan fingerprint density at radius 3 is 2.48 bits per heavy atom. The van der Waals surface area contributed by atoms with Crippen molar-refractivity contribution in [3.8, 4) is 0 Å². The summed E-state index contributed by atoms with van der Waals surface area (Å²) in [4.78, 5) is 13.6. The first-order chi connectivity index (χ1) is 10.0. The molecule has 0 atom stereocenters. The quantitative estimate of drug-likeness (QED) is 0.655. The molecule has 21 heavy (non-hydrogen) atoms. The molecule has 0 radical (unpaired) electrons. The van der Waals surface area contributed by atoms with Crippen LogP contribution >= 0.6 is 35.6 Å². The van der Waals surface area contributed by atoms with E-state index >= 15 is 0 Å². The lowest BCUT2D eigenvalue weighted by atomic mass is 10.1. The molecule has 2 aromatic carbocycles. The third-order valence-electron chi connectivity index (χ3n) is 2.85. The Labute approximate surface area is 137 Å². The summed E-state index contributed by atoms with van der Waals surface area (Å²) in [5.41, 5.74) is 7.30. The second-order valence-corrected chi connectivity index (χ2v) is 5.99. The van der Waals surface area contributed by atoms with Crippen LogP contribution in [-0.4, -0.2) is 17.2 Å². The number of amides is 1. The van der Waals surface area contributed by atoms with E-state index in [4.69, 9.17) is 29.6 Å². The minimum atomic E-state index is -0.234. The van der Waals surface area contributed by atoms with Crippen molar-refractivity contribution in [2.24, 2.45) is 5.73 Å². The Morgan fingerprint density at radius 1 is 1.24 bits per heavy atom. The number of carbonyl (C=O) groups is 1. The maximum atomic E-state index is 12.3. The first-order valence-electron chi connectivity index (χ1n) is 6.06. The average molecular weight is 337 g/mol. The number of halogens is 1. The summed E-state index contributed by atoms with van der Waals surface area (Å²) in [6.45, 7) is 0. The predicted octanol–water partition coefficient (Wildman–Crippen LogP) is 3.95. The van der Waals surface area contributed by atoms with Gasteiger partial charge < -0.3 is 11.1 Å². The van der Waals surface area contributed by atoms with Crippen LogP contribution < -0.4 is 11.1 Å². The van der Waals surface area contributed by atoms with Crippen molar-refractivity contribution in [3.63, 3.8) is 0 Å². The van der Waals surface area contributed by atoms with Gasteiger partial charge in [0.25, 0.3) is 5.91 Å². The van der Waals surface area contributed by atoms with E-state index in [0.717, 1.165) is 4.90 Å². The zero-order valence-corrected chi connectivity index (χ0v) is 13.6. The highest BCUT2D eigenvalue weighted by Gasteiger charge is 2.11. The van der Waals surface area contributed by atoms with E-state index in [9.17, 15) is 4.79 Å². The highest BCUT2D eigenvalue weighted by atomic mass is 35.5. The van der Waals surface area contributed by atoms with E-state index in [0.29, 0.717) is 21.8 Å². The number of hydrogen-bond donors (Lipinski definition) is 2. The van der Waals surface area contributed by atoms with Gasteiger partial charge in [-0.05, 0) is 48.7 Å². The molecule has 0 heterocycles. The van der Waals surface area contributed by atoms with E-state index in [-0.39, 0.29) is 10.9 Å². The van der Waals surface area contributed by atoms with E-state index in [2.05, 4.69) is 5.32 Å². The molecule has 0 bridgehead atoms. The number of rotatable bonds is 4. The maximum absolute atomic E-state index is 12.3. The van der Waals surface area contributed by atoms with E-state index in [1.54, 1.807) is 42.1 Å². The first kappa shape index (κ1) is 15.8. The third kappa shape index (κ3) is 3.97. The van der Waals surface area contributed by atoms with Crippen molar-refractivity contribution in [3.05, 3.63) is 58.6 Å². The van der Waals surface area contributed by atoms with Crippen molar-refractivity contribution >= 4 is 52.2 Å². The van der Waals surface area contributed by atoms with Gasteiger partial charge in [0.15, 0.2) is 0 Å². The van der Waals surface area contributed by atoms with Crippen LogP contribution in [0.3, 0.4) is 0 Å². The number of carbonyl (C=O) groups excluding carboxylic acids is 1. The fourth-order valence-corrected chi connectivity index (χ4v) is 2.53. The third-order valence-corrected chi connectivity index (χ3v) is 4.05. The van der Waals surface area contributed by atoms with Crippen molar-refractivity contribution in [2.45, 2.75) is 4.90 Å². The minimum Gasteiger partial charge on any atom is -0.389 e. The monoisotopic (exact) mass is 336 g/mol. The normalized spacial score (nSPS) is 10.2. The molecule has 6 heteroatoms. The molecule has 0 saturated heterocycles. The summed E-state index contributed by atoms with van der Waals surface area (Å²) >= 11 is 12.5. The number of benzene rings is 2. The molecule has 1 amide bonds. The number of nitrogens with one attached hydrogen (secondary N) is 1. The van der Waals surface area contributed by atoms with Crippen LogP contribution in [0, 0.1) is 0 Å². The van der Waals surface area contributed by atoms with Crippen LogP contribution in [0.25, 0.3) is 0 Å². The zero-order chi connectivity index (χ0) is 15.4. The standard InChI is InChI=1S/C15H13ClN2OS2/c1-21-11-5-2-9(3-6-11)15(19)18-13-8-10(16)4-7-12(13)14(17)20/h2-8H,1H3,(H2,17,20)(H,18,19). The smallest absolute Gasteiger partial charge is 0.255 e. The SMILES string of the molecule is CSc1ccc(C(=O)Nc2cc(Cl)ccc2C(N)=S)cc1. The lowest BCUT2D eigenvalue weighted by Crippen LogP contribution is -2.17. The highest BCUT2D eigenvalue weighted by Crippen LogP contribution is 2.22. The molecule has 0 saturated carbocycles. The molecule has 3 nitrogen and oxygen atoms in total. The topological polar surface area (TPSA) is 55.1 Å². The van der Waals surface area contributed by atoms with Gasteiger partial charge in [0, 0.05) is 21.0 Å². The van der Waals surface area contributed by atoms with Crippen LogP contribution in [-0.2, 0) is 0 Å². The Morgan fingerprint density at radius 2 is 1.90 bits per heavy atom. The van der Waals surface area contributed by atoms with Crippen LogP contribution in [0.4, 0.5) is 5.69 Å². The minimum absolute atomic E-state index is 0.208. The molecular formula is C15H13ClN2OS2. The molecule has 0 aromatic heterocycles. The summed E-state index contributed by atoms with van der Waals surface area (Å²) in [6, 6.07) is 12.3. The van der Waals surface area contributed by atoms with Crippen molar-refractivity contribution in [2.75, 3.05) is 11.6 Å². The van der Waals surface area contributed by atoms with Gasteiger partial charge in [-0.2, -0.15) is 0 Å². The van der Waals surface area contributed by atoms with Crippen LogP contribution in [0.2, 0.25) is 5.02 Å². The second kappa shape index (κ2) is 6.93. The van der Waals surface area contributed by atoms with Crippen LogP contribution in [0.5, 0.6) is 0 Å². The maximum Gasteiger partial charge on any atom is 0.255 e. The van der Waals surface area contributed by atoms with Gasteiger partial charge in [0.05, 0.1) is 5.69 Å². The van der Waals surface area contributed by atoms with Crippen LogP contribution in [0.15, 0.2) is 47.4 Å². The molecule has 0 aliphatic carbocycles. The Balaban J connectivity index is 2.26. The van der Waals surface area contributed by atoms with E-state index < -0.39 is 0 Å². The first-order valence-corrected chi connectivity index (χ1v) is 8.07. The molecule has 0 spiro atoms. The van der Waals surface area contributed by atoms with E-state index in [1.165, 1.54) is 0 Å². The van der Waals surface area contributed by atoms with Crippen LogP contribution in [0.1, 0.15) is 15.9 Å². The van der Waals surface area contributed by atoms with Gasteiger partial charge in [-0.15, -0.1) is 11.8 Å².